The van der Waals surface area contributed by atoms with Crippen molar-refractivity contribution in [2.45, 2.75) is 32.4 Å². The van der Waals surface area contributed by atoms with Gasteiger partial charge >= 0.3 is 6.03 Å². The predicted octanol–water partition coefficient (Wildman–Crippen LogP) is 0.380. The molecule has 0 aromatic carbocycles. The van der Waals surface area contributed by atoms with Crippen LogP contribution in [0.3, 0.4) is 0 Å². The standard InChI is InChI=1S/C11H20N4O2/c1-3-4-10(16)8-13-11(17)12-7-9-5-6-14-15(9)2/h5-6,10,16H,3-4,7-8H2,1-2H3,(H2,12,13,17). The van der Waals surface area contributed by atoms with Gasteiger partial charge in [-0.15, -0.1) is 0 Å². The maximum Gasteiger partial charge on any atom is 0.315 e. The van der Waals surface area contributed by atoms with Crippen LogP contribution in [0.5, 0.6) is 0 Å². The summed E-state index contributed by atoms with van der Waals surface area (Å²) in [6.45, 7) is 2.70. The summed E-state index contributed by atoms with van der Waals surface area (Å²) in [7, 11) is 1.82. The highest BCUT2D eigenvalue weighted by Crippen LogP contribution is 1.95. The number of aromatic nitrogens is 2. The molecule has 0 aliphatic heterocycles. The van der Waals surface area contributed by atoms with Crippen molar-refractivity contribution in [3.05, 3.63) is 18.0 Å². The normalized spacial score (nSPS) is 12.2. The average Bonchev–Trinajstić information content (AvgIpc) is 2.70. The third kappa shape index (κ3) is 4.86. The number of hydrogen-bond acceptors (Lipinski definition) is 3. The first-order valence-corrected chi connectivity index (χ1v) is 5.80. The molecule has 0 aliphatic carbocycles. The highest BCUT2D eigenvalue weighted by atomic mass is 16.3. The molecule has 6 nitrogen and oxygen atoms in total. The zero-order chi connectivity index (χ0) is 12.7. The number of carbonyl (C=O) groups is 1. The molecule has 1 rings (SSSR count). The number of aryl methyl sites for hydroxylation is 1. The molecule has 6 heteroatoms. The Morgan fingerprint density at radius 3 is 2.94 bits per heavy atom. The zero-order valence-corrected chi connectivity index (χ0v) is 10.3. The van der Waals surface area contributed by atoms with E-state index in [1.54, 1.807) is 10.9 Å². The first kappa shape index (κ1) is 13.5. The molecule has 2 amide bonds. The van der Waals surface area contributed by atoms with Crippen LogP contribution >= 0.6 is 0 Å². The van der Waals surface area contributed by atoms with Gasteiger partial charge in [-0.2, -0.15) is 5.10 Å². The molecule has 3 N–H and O–H groups in total. The van der Waals surface area contributed by atoms with Crippen molar-refractivity contribution in [1.29, 1.82) is 0 Å². The lowest BCUT2D eigenvalue weighted by Gasteiger charge is -2.11. The van der Waals surface area contributed by atoms with Crippen molar-refractivity contribution in [1.82, 2.24) is 20.4 Å². The number of hydrogen-bond donors (Lipinski definition) is 3. The molecule has 1 atom stereocenters. The SMILES string of the molecule is CCCC(O)CNC(=O)NCc1ccnn1C. The molecular weight excluding hydrogens is 220 g/mol. The molecular formula is C11H20N4O2. The number of urea groups is 1. The van der Waals surface area contributed by atoms with Gasteiger partial charge in [0.15, 0.2) is 0 Å². The van der Waals surface area contributed by atoms with Crippen LogP contribution in [-0.2, 0) is 13.6 Å². The maximum absolute atomic E-state index is 11.4. The summed E-state index contributed by atoms with van der Waals surface area (Å²) in [5.41, 5.74) is 0.925. The van der Waals surface area contributed by atoms with Gasteiger partial charge in [-0.05, 0) is 12.5 Å². The predicted molar refractivity (Wildman–Crippen MR) is 64.4 cm³/mol. The summed E-state index contributed by atoms with van der Waals surface area (Å²) in [4.78, 5) is 11.4. The molecule has 0 saturated heterocycles. The van der Waals surface area contributed by atoms with E-state index in [0.717, 1.165) is 12.1 Å². The molecule has 0 radical (unpaired) electrons. The van der Waals surface area contributed by atoms with Crippen LogP contribution in [0.2, 0.25) is 0 Å². The molecule has 1 aromatic heterocycles. The largest absolute Gasteiger partial charge is 0.391 e. The molecule has 1 heterocycles. The first-order chi connectivity index (χ1) is 8.13. The van der Waals surface area contributed by atoms with Crippen molar-refractivity contribution < 1.29 is 9.90 Å². The average molecular weight is 240 g/mol. The van der Waals surface area contributed by atoms with E-state index in [2.05, 4.69) is 15.7 Å². The summed E-state index contributed by atoms with van der Waals surface area (Å²) in [5.74, 6) is 0. The summed E-state index contributed by atoms with van der Waals surface area (Å²) >= 11 is 0. The fourth-order valence-electron chi connectivity index (χ4n) is 1.45. The monoisotopic (exact) mass is 240 g/mol. The third-order valence-corrected chi connectivity index (χ3v) is 2.47. The number of amides is 2. The highest BCUT2D eigenvalue weighted by molar-refractivity contribution is 5.73. The molecule has 0 aliphatic rings. The molecule has 17 heavy (non-hydrogen) atoms. The number of carbonyl (C=O) groups excluding carboxylic acids is 1. The highest BCUT2D eigenvalue weighted by Gasteiger charge is 2.06. The van der Waals surface area contributed by atoms with Crippen LogP contribution in [0, 0.1) is 0 Å². The van der Waals surface area contributed by atoms with E-state index in [1.807, 2.05) is 20.0 Å². The van der Waals surface area contributed by atoms with E-state index in [1.165, 1.54) is 0 Å². The summed E-state index contributed by atoms with van der Waals surface area (Å²) in [6.07, 6.45) is 2.81. The molecule has 0 bridgehead atoms. The van der Waals surface area contributed by atoms with Crippen molar-refractivity contribution in [2.24, 2.45) is 7.05 Å². The quantitative estimate of drug-likeness (QED) is 0.672. The number of aliphatic hydroxyl groups is 1. The van der Waals surface area contributed by atoms with E-state index in [0.29, 0.717) is 13.0 Å². The van der Waals surface area contributed by atoms with Crippen LogP contribution in [0.25, 0.3) is 0 Å². The van der Waals surface area contributed by atoms with Gasteiger partial charge in [-0.1, -0.05) is 13.3 Å². The Balaban J connectivity index is 2.20. The summed E-state index contributed by atoms with van der Waals surface area (Å²) < 4.78 is 1.70. The van der Waals surface area contributed by atoms with E-state index in [9.17, 15) is 9.90 Å². The van der Waals surface area contributed by atoms with Gasteiger partial charge in [0.05, 0.1) is 18.3 Å². The Hall–Kier alpha value is -1.56. The molecule has 0 saturated carbocycles. The lowest BCUT2D eigenvalue weighted by atomic mass is 10.2. The fraction of sp³-hybridized carbons (Fsp3) is 0.636. The molecule has 1 unspecified atom stereocenters. The van der Waals surface area contributed by atoms with Crippen molar-refractivity contribution in [3.8, 4) is 0 Å². The second-order valence-electron chi connectivity index (χ2n) is 3.95. The minimum absolute atomic E-state index is 0.277. The van der Waals surface area contributed by atoms with E-state index < -0.39 is 6.10 Å². The summed E-state index contributed by atoms with van der Waals surface area (Å²) in [6, 6.07) is 1.56. The smallest absolute Gasteiger partial charge is 0.315 e. The van der Waals surface area contributed by atoms with E-state index in [-0.39, 0.29) is 12.6 Å². The van der Waals surface area contributed by atoms with Gasteiger partial charge < -0.3 is 15.7 Å². The van der Waals surface area contributed by atoms with Crippen molar-refractivity contribution >= 4 is 6.03 Å². The Morgan fingerprint density at radius 1 is 1.59 bits per heavy atom. The minimum atomic E-state index is -0.470. The Kier molecular flexibility index (Phi) is 5.48. The van der Waals surface area contributed by atoms with Crippen molar-refractivity contribution in [3.63, 3.8) is 0 Å². The zero-order valence-electron chi connectivity index (χ0n) is 10.3. The number of nitrogens with zero attached hydrogens (tertiary/aromatic N) is 2. The molecule has 1 aromatic rings. The molecule has 0 fully saturated rings. The molecule has 0 spiro atoms. The van der Waals surface area contributed by atoms with Crippen LogP contribution in [-0.4, -0.2) is 33.6 Å². The minimum Gasteiger partial charge on any atom is -0.391 e. The van der Waals surface area contributed by atoms with Crippen LogP contribution in [0.1, 0.15) is 25.5 Å². The lowest BCUT2D eigenvalue weighted by Crippen LogP contribution is -2.39. The van der Waals surface area contributed by atoms with Gasteiger partial charge in [0.25, 0.3) is 0 Å². The third-order valence-electron chi connectivity index (χ3n) is 2.47. The second kappa shape index (κ2) is 6.90. The van der Waals surface area contributed by atoms with Crippen molar-refractivity contribution in [2.75, 3.05) is 6.54 Å². The number of rotatable bonds is 6. The van der Waals surface area contributed by atoms with E-state index in [4.69, 9.17) is 0 Å². The van der Waals surface area contributed by atoms with Crippen LogP contribution < -0.4 is 10.6 Å². The first-order valence-electron chi connectivity index (χ1n) is 5.80. The van der Waals surface area contributed by atoms with Crippen LogP contribution in [0.4, 0.5) is 4.79 Å². The fourth-order valence-corrected chi connectivity index (χ4v) is 1.45. The number of nitrogens with one attached hydrogen (secondary N) is 2. The number of aliphatic hydroxyl groups excluding tert-OH is 1. The van der Waals surface area contributed by atoms with Gasteiger partial charge in [0, 0.05) is 19.8 Å². The van der Waals surface area contributed by atoms with Gasteiger partial charge in [-0.3, -0.25) is 4.68 Å². The lowest BCUT2D eigenvalue weighted by molar-refractivity contribution is 0.160. The molecule has 96 valence electrons. The maximum atomic E-state index is 11.4. The summed E-state index contributed by atoms with van der Waals surface area (Å²) in [5, 5.41) is 18.8. The van der Waals surface area contributed by atoms with Gasteiger partial charge in [0.1, 0.15) is 0 Å². The van der Waals surface area contributed by atoms with Gasteiger partial charge in [-0.25, -0.2) is 4.79 Å². The Morgan fingerprint density at radius 2 is 2.35 bits per heavy atom. The Bertz CT molecular complexity index is 351. The van der Waals surface area contributed by atoms with Gasteiger partial charge in [0.2, 0.25) is 0 Å². The topological polar surface area (TPSA) is 79.2 Å². The van der Waals surface area contributed by atoms with Crippen LogP contribution in [0.15, 0.2) is 12.3 Å². The Labute approximate surface area is 101 Å². The van der Waals surface area contributed by atoms with E-state index >= 15 is 0 Å². The second-order valence-corrected chi connectivity index (χ2v) is 3.95.